The lowest BCUT2D eigenvalue weighted by Crippen LogP contribution is -1.91. The number of hydrogen-bond donors (Lipinski definition) is 0. The van der Waals surface area contributed by atoms with Gasteiger partial charge in [0.2, 0.25) is 0 Å². The first-order chi connectivity index (χ1) is 10.8. The lowest BCUT2D eigenvalue weighted by molar-refractivity contribution is 1.01. The first-order valence-electron chi connectivity index (χ1n) is 7.85. The van der Waals surface area contributed by atoms with Crippen LogP contribution in [0.1, 0.15) is 12.5 Å². The summed E-state index contributed by atoms with van der Waals surface area (Å²) in [6.07, 6.45) is 1.05. The Morgan fingerprint density at radius 2 is 1.50 bits per heavy atom. The molecular formula is C21H19N. The highest BCUT2D eigenvalue weighted by Crippen LogP contribution is 2.34. The van der Waals surface area contributed by atoms with Gasteiger partial charge in [0.05, 0.1) is 0 Å². The molecule has 108 valence electrons. The fourth-order valence-electron chi connectivity index (χ4n) is 3.43. The van der Waals surface area contributed by atoms with Crippen LogP contribution >= 0.6 is 0 Å². The van der Waals surface area contributed by atoms with Gasteiger partial charge in [0.25, 0.3) is 0 Å². The average molecular weight is 285 g/mol. The largest absolute Gasteiger partial charge is 0.344 e. The molecule has 1 aromatic heterocycles. The van der Waals surface area contributed by atoms with Crippen molar-refractivity contribution in [2.75, 3.05) is 0 Å². The molecule has 1 heterocycles. The van der Waals surface area contributed by atoms with Crippen molar-refractivity contribution in [3.8, 4) is 11.1 Å². The zero-order chi connectivity index (χ0) is 15.1. The lowest BCUT2D eigenvalue weighted by Gasteiger charge is -2.10. The van der Waals surface area contributed by atoms with Crippen LogP contribution in [-0.2, 0) is 13.5 Å². The Morgan fingerprint density at radius 1 is 0.773 bits per heavy atom. The fourth-order valence-corrected chi connectivity index (χ4v) is 3.43. The molecule has 0 N–H and O–H groups in total. The lowest BCUT2D eigenvalue weighted by atomic mass is 9.96. The standard InChI is InChI=1S/C21H19N/c1-3-15-13-19-17-11-7-8-12-20(17)22(2)21(19)14-18(15)16-9-5-4-6-10-16/h4-14H,3H2,1-2H3. The van der Waals surface area contributed by atoms with Gasteiger partial charge in [-0.15, -0.1) is 0 Å². The molecule has 0 aliphatic carbocycles. The molecule has 4 aromatic rings. The molecule has 0 aliphatic heterocycles. The molecule has 3 aromatic carbocycles. The second kappa shape index (κ2) is 5.03. The van der Waals surface area contributed by atoms with Crippen LogP contribution in [0.15, 0.2) is 66.7 Å². The number of benzene rings is 3. The number of aromatic nitrogens is 1. The summed E-state index contributed by atoms with van der Waals surface area (Å²) in [6.45, 7) is 2.23. The Labute approximate surface area is 130 Å². The minimum Gasteiger partial charge on any atom is -0.344 e. The molecule has 1 heteroatoms. The number of rotatable bonds is 2. The minimum atomic E-state index is 1.05. The van der Waals surface area contributed by atoms with E-state index in [0.29, 0.717) is 0 Å². The first-order valence-corrected chi connectivity index (χ1v) is 7.85. The van der Waals surface area contributed by atoms with Crippen LogP contribution in [0, 0.1) is 0 Å². The molecule has 0 aliphatic rings. The van der Waals surface area contributed by atoms with Crippen LogP contribution in [-0.4, -0.2) is 4.57 Å². The molecule has 0 unspecified atom stereocenters. The summed E-state index contributed by atoms with van der Waals surface area (Å²) >= 11 is 0. The Morgan fingerprint density at radius 3 is 2.27 bits per heavy atom. The summed E-state index contributed by atoms with van der Waals surface area (Å²) in [4.78, 5) is 0. The third-order valence-corrected chi connectivity index (χ3v) is 4.60. The van der Waals surface area contributed by atoms with Crippen LogP contribution in [0.3, 0.4) is 0 Å². The summed E-state index contributed by atoms with van der Waals surface area (Å²) in [5.41, 5.74) is 6.66. The van der Waals surface area contributed by atoms with Crippen LogP contribution in [0.4, 0.5) is 0 Å². The van der Waals surface area contributed by atoms with E-state index < -0.39 is 0 Å². The van der Waals surface area contributed by atoms with Gasteiger partial charge in [0, 0.05) is 28.9 Å². The second-order valence-electron chi connectivity index (χ2n) is 5.82. The van der Waals surface area contributed by atoms with Gasteiger partial charge in [-0.1, -0.05) is 55.5 Å². The number of hydrogen-bond acceptors (Lipinski definition) is 0. The van der Waals surface area contributed by atoms with E-state index in [1.54, 1.807) is 0 Å². The maximum Gasteiger partial charge on any atom is 0.0495 e. The predicted molar refractivity (Wildman–Crippen MR) is 95.2 cm³/mol. The highest BCUT2D eigenvalue weighted by atomic mass is 14.9. The molecule has 0 saturated carbocycles. The fraction of sp³-hybridized carbons (Fsp3) is 0.143. The van der Waals surface area contributed by atoms with Crippen molar-refractivity contribution < 1.29 is 0 Å². The molecule has 0 atom stereocenters. The van der Waals surface area contributed by atoms with Gasteiger partial charge in [0.1, 0.15) is 0 Å². The second-order valence-corrected chi connectivity index (χ2v) is 5.82. The van der Waals surface area contributed by atoms with E-state index in [2.05, 4.69) is 85.3 Å². The zero-order valence-electron chi connectivity index (χ0n) is 13.0. The summed E-state index contributed by atoms with van der Waals surface area (Å²) in [5, 5.41) is 2.70. The van der Waals surface area contributed by atoms with Crippen LogP contribution < -0.4 is 0 Å². The molecule has 0 bridgehead atoms. The zero-order valence-corrected chi connectivity index (χ0v) is 13.0. The summed E-state index contributed by atoms with van der Waals surface area (Å²) in [6, 6.07) is 24.1. The SMILES string of the molecule is CCc1cc2c3ccccc3n(C)c2cc1-c1ccccc1. The van der Waals surface area contributed by atoms with Crippen molar-refractivity contribution >= 4 is 21.8 Å². The molecule has 1 nitrogen and oxygen atoms in total. The molecule has 22 heavy (non-hydrogen) atoms. The van der Waals surface area contributed by atoms with Crippen LogP contribution in [0.5, 0.6) is 0 Å². The topological polar surface area (TPSA) is 4.93 Å². The van der Waals surface area contributed by atoms with E-state index in [-0.39, 0.29) is 0 Å². The van der Waals surface area contributed by atoms with Crippen LogP contribution in [0.2, 0.25) is 0 Å². The molecule has 0 amide bonds. The van der Waals surface area contributed by atoms with E-state index in [1.807, 2.05) is 0 Å². The van der Waals surface area contributed by atoms with E-state index in [4.69, 9.17) is 0 Å². The average Bonchev–Trinajstić information content (AvgIpc) is 2.87. The van der Waals surface area contributed by atoms with E-state index >= 15 is 0 Å². The monoisotopic (exact) mass is 285 g/mol. The van der Waals surface area contributed by atoms with Crippen molar-refractivity contribution in [3.05, 3.63) is 72.3 Å². The van der Waals surface area contributed by atoms with Gasteiger partial charge in [0.15, 0.2) is 0 Å². The molecule has 0 radical (unpaired) electrons. The van der Waals surface area contributed by atoms with Crippen LogP contribution in [0.25, 0.3) is 32.9 Å². The Hall–Kier alpha value is -2.54. The Bertz CT molecular complexity index is 961. The van der Waals surface area contributed by atoms with Crippen molar-refractivity contribution in [3.63, 3.8) is 0 Å². The smallest absolute Gasteiger partial charge is 0.0495 e. The van der Waals surface area contributed by atoms with Gasteiger partial charge in [-0.05, 0) is 41.3 Å². The van der Waals surface area contributed by atoms with Gasteiger partial charge in [-0.3, -0.25) is 0 Å². The first kappa shape index (κ1) is 13.1. The quantitative estimate of drug-likeness (QED) is 0.454. The predicted octanol–water partition coefficient (Wildman–Crippen LogP) is 5.56. The van der Waals surface area contributed by atoms with Crippen molar-refractivity contribution in [1.82, 2.24) is 4.57 Å². The number of fused-ring (bicyclic) bond motifs is 3. The van der Waals surface area contributed by atoms with Crippen molar-refractivity contribution in [1.29, 1.82) is 0 Å². The van der Waals surface area contributed by atoms with Gasteiger partial charge in [-0.25, -0.2) is 0 Å². The Balaban J connectivity index is 2.11. The highest BCUT2D eigenvalue weighted by molar-refractivity contribution is 6.09. The normalized spacial score (nSPS) is 11.4. The third-order valence-electron chi connectivity index (χ3n) is 4.60. The van der Waals surface area contributed by atoms with E-state index in [9.17, 15) is 0 Å². The number of aryl methyl sites for hydroxylation is 2. The Kier molecular flexibility index (Phi) is 3.00. The molecule has 0 spiro atoms. The highest BCUT2D eigenvalue weighted by Gasteiger charge is 2.12. The van der Waals surface area contributed by atoms with Gasteiger partial charge >= 0.3 is 0 Å². The summed E-state index contributed by atoms with van der Waals surface area (Å²) in [5.74, 6) is 0. The van der Waals surface area contributed by atoms with Crippen molar-refractivity contribution in [2.24, 2.45) is 7.05 Å². The maximum absolute atomic E-state index is 2.38. The molecule has 4 rings (SSSR count). The molecule has 0 saturated heterocycles. The van der Waals surface area contributed by atoms with E-state index in [1.165, 1.54) is 38.5 Å². The molecule has 0 fully saturated rings. The van der Waals surface area contributed by atoms with Gasteiger partial charge < -0.3 is 4.57 Å². The molecular weight excluding hydrogens is 266 g/mol. The number of para-hydroxylation sites is 1. The van der Waals surface area contributed by atoms with E-state index in [0.717, 1.165) is 6.42 Å². The minimum absolute atomic E-state index is 1.05. The number of nitrogens with zero attached hydrogens (tertiary/aromatic N) is 1. The summed E-state index contributed by atoms with van der Waals surface area (Å²) < 4.78 is 2.30. The maximum atomic E-state index is 2.38. The van der Waals surface area contributed by atoms with Gasteiger partial charge in [-0.2, -0.15) is 0 Å². The third kappa shape index (κ3) is 1.86. The van der Waals surface area contributed by atoms with Crippen molar-refractivity contribution in [2.45, 2.75) is 13.3 Å². The summed E-state index contributed by atoms with van der Waals surface area (Å²) in [7, 11) is 2.16.